The molecule has 0 saturated carbocycles. The first-order chi connectivity index (χ1) is 17.4. The third kappa shape index (κ3) is 4.66. The van der Waals surface area contributed by atoms with Crippen LogP contribution in [0.3, 0.4) is 0 Å². The van der Waals surface area contributed by atoms with Gasteiger partial charge in [-0.15, -0.1) is 0 Å². The lowest BCUT2D eigenvalue weighted by Gasteiger charge is -2.38. The van der Waals surface area contributed by atoms with Crippen LogP contribution in [0.1, 0.15) is 29.2 Å². The number of nitrogens with zero attached hydrogens (tertiary/aromatic N) is 2. The van der Waals surface area contributed by atoms with Crippen molar-refractivity contribution in [2.45, 2.75) is 25.4 Å². The molecule has 184 valence electrons. The summed E-state index contributed by atoms with van der Waals surface area (Å²) in [5.74, 6) is -1.09. The second-order valence-corrected chi connectivity index (χ2v) is 9.17. The molecule has 0 aliphatic carbocycles. The zero-order valence-electron chi connectivity index (χ0n) is 19.4. The van der Waals surface area contributed by atoms with E-state index in [4.69, 9.17) is 21.4 Å². The van der Waals surface area contributed by atoms with Crippen LogP contribution >= 0.6 is 11.6 Å². The number of aryl methyl sites for hydroxylation is 1. The van der Waals surface area contributed by atoms with Crippen LogP contribution in [0, 0.1) is 5.82 Å². The maximum Gasteiger partial charge on any atom is 0.341 e. The van der Waals surface area contributed by atoms with Gasteiger partial charge in [-0.3, -0.25) is 4.79 Å². The van der Waals surface area contributed by atoms with Gasteiger partial charge in [-0.1, -0.05) is 41.9 Å². The Balaban J connectivity index is 1.48. The fourth-order valence-electron chi connectivity index (χ4n) is 4.92. The molecule has 1 aliphatic heterocycles. The standard InChI is InChI=1S/C28H24ClFN2O4/c29-19-8-9-25(36-17-27(34)35)22(16-19)28-20-5-2-1-4-18(20)10-15-32(28)26(33)12-14-31-13-11-21-23(30)6-3-7-24(21)31/h1-9,11,13,16,28H,10,12,14-15,17H2,(H,34,35). The summed E-state index contributed by atoms with van der Waals surface area (Å²) in [7, 11) is 0. The maximum atomic E-state index is 14.1. The molecule has 8 heteroatoms. The van der Waals surface area contributed by atoms with Gasteiger partial charge >= 0.3 is 5.97 Å². The highest BCUT2D eigenvalue weighted by Gasteiger charge is 2.34. The van der Waals surface area contributed by atoms with Crippen LogP contribution in [0.25, 0.3) is 10.9 Å². The van der Waals surface area contributed by atoms with Crippen LogP contribution in [-0.2, 0) is 22.6 Å². The molecular weight excluding hydrogens is 483 g/mol. The highest BCUT2D eigenvalue weighted by Crippen LogP contribution is 2.40. The maximum absolute atomic E-state index is 14.1. The Bertz CT molecular complexity index is 1450. The van der Waals surface area contributed by atoms with E-state index in [1.807, 2.05) is 34.9 Å². The zero-order valence-corrected chi connectivity index (χ0v) is 20.1. The van der Waals surface area contributed by atoms with Crippen LogP contribution in [0.5, 0.6) is 5.75 Å². The minimum atomic E-state index is -1.09. The molecule has 36 heavy (non-hydrogen) atoms. The summed E-state index contributed by atoms with van der Waals surface area (Å²) in [6, 6.07) is 19.0. The molecule has 0 spiro atoms. The second-order valence-electron chi connectivity index (χ2n) is 8.73. The first-order valence-electron chi connectivity index (χ1n) is 11.7. The van der Waals surface area contributed by atoms with Crippen molar-refractivity contribution >= 4 is 34.4 Å². The van der Waals surface area contributed by atoms with Crippen LogP contribution in [0.15, 0.2) is 72.9 Å². The molecule has 3 aromatic carbocycles. The molecule has 0 radical (unpaired) electrons. The fraction of sp³-hybridized carbons (Fsp3) is 0.214. The normalized spacial score (nSPS) is 15.1. The van der Waals surface area contributed by atoms with Gasteiger partial charge in [0.1, 0.15) is 11.6 Å². The van der Waals surface area contributed by atoms with Gasteiger partial charge in [-0.25, -0.2) is 9.18 Å². The first-order valence-corrected chi connectivity index (χ1v) is 12.0. The number of carboxylic acids is 1. The average Bonchev–Trinajstić information content (AvgIpc) is 3.30. The lowest BCUT2D eigenvalue weighted by molar-refractivity contribution is -0.139. The molecule has 1 aromatic heterocycles. The topological polar surface area (TPSA) is 71.8 Å². The summed E-state index contributed by atoms with van der Waals surface area (Å²) in [5.41, 5.74) is 3.44. The molecule has 0 saturated heterocycles. The number of carboxylic acid groups (broad SMARTS) is 1. The zero-order chi connectivity index (χ0) is 25.2. The molecule has 1 aliphatic rings. The van der Waals surface area contributed by atoms with Gasteiger partial charge in [0, 0.05) is 41.7 Å². The van der Waals surface area contributed by atoms with Crippen molar-refractivity contribution in [2.75, 3.05) is 13.2 Å². The number of rotatable bonds is 7. The molecule has 4 aromatic rings. The molecular formula is C28H24ClFN2O4. The molecule has 0 fully saturated rings. The van der Waals surface area contributed by atoms with E-state index in [0.29, 0.717) is 41.2 Å². The number of ether oxygens (including phenoxy) is 1. The number of amides is 1. The minimum absolute atomic E-state index is 0.0723. The Labute approximate surface area is 212 Å². The smallest absolute Gasteiger partial charge is 0.341 e. The number of aromatic nitrogens is 1. The predicted molar refractivity (Wildman–Crippen MR) is 135 cm³/mol. The van der Waals surface area contributed by atoms with Crippen molar-refractivity contribution in [3.8, 4) is 5.75 Å². The molecule has 6 nitrogen and oxygen atoms in total. The SMILES string of the molecule is O=C(O)COc1ccc(Cl)cc1C1c2ccccc2CCN1C(=O)CCn1ccc2c(F)cccc21. The molecule has 1 atom stereocenters. The van der Waals surface area contributed by atoms with Crippen molar-refractivity contribution in [2.24, 2.45) is 0 Å². The predicted octanol–water partition coefficient (Wildman–Crippen LogP) is 5.46. The van der Waals surface area contributed by atoms with E-state index < -0.39 is 18.6 Å². The van der Waals surface area contributed by atoms with Crippen molar-refractivity contribution < 1.29 is 23.8 Å². The van der Waals surface area contributed by atoms with Crippen molar-refractivity contribution in [3.63, 3.8) is 0 Å². The summed E-state index contributed by atoms with van der Waals surface area (Å²) in [6.07, 6.45) is 2.70. The summed E-state index contributed by atoms with van der Waals surface area (Å²) in [6.45, 7) is 0.384. The number of aliphatic carboxylic acids is 1. The van der Waals surface area contributed by atoms with E-state index in [9.17, 15) is 14.0 Å². The Morgan fingerprint density at radius 1 is 1.06 bits per heavy atom. The van der Waals surface area contributed by atoms with E-state index in [1.54, 1.807) is 41.4 Å². The van der Waals surface area contributed by atoms with Crippen molar-refractivity contribution in [3.05, 3.63) is 100 Å². The summed E-state index contributed by atoms with van der Waals surface area (Å²) < 4.78 is 21.6. The van der Waals surface area contributed by atoms with E-state index in [0.717, 1.165) is 16.6 Å². The number of halogens is 2. The van der Waals surface area contributed by atoms with Crippen LogP contribution in [0.2, 0.25) is 5.02 Å². The van der Waals surface area contributed by atoms with Crippen molar-refractivity contribution in [1.29, 1.82) is 0 Å². The van der Waals surface area contributed by atoms with Crippen LogP contribution < -0.4 is 4.74 Å². The highest BCUT2D eigenvalue weighted by molar-refractivity contribution is 6.30. The Hall–Kier alpha value is -3.84. The van der Waals surface area contributed by atoms with E-state index in [1.165, 1.54) is 6.07 Å². The van der Waals surface area contributed by atoms with Crippen LogP contribution in [-0.4, -0.2) is 39.6 Å². The lowest BCUT2D eigenvalue weighted by atomic mass is 9.87. The molecule has 1 unspecified atom stereocenters. The third-order valence-corrected chi connectivity index (χ3v) is 6.78. The van der Waals surface area contributed by atoms with Gasteiger partial charge in [0.15, 0.2) is 6.61 Å². The number of benzene rings is 3. The van der Waals surface area contributed by atoms with E-state index in [2.05, 4.69) is 0 Å². The molecule has 1 amide bonds. The highest BCUT2D eigenvalue weighted by atomic mass is 35.5. The number of carbonyl (C=O) groups excluding carboxylic acids is 1. The molecule has 2 heterocycles. The summed E-state index contributed by atoms with van der Waals surface area (Å²) in [5, 5.41) is 10.1. The lowest BCUT2D eigenvalue weighted by Crippen LogP contribution is -2.41. The van der Waals surface area contributed by atoms with Gasteiger partial charge in [-0.2, -0.15) is 0 Å². The molecule has 0 bridgehead atoms. The Morgan fingerprint density at radius 3 is 2.72 bits per heavy atom. The van der Waals surface area contributed by atoms with Gasteiger partial charge in [0.05, 0.1) is 11.6 Å². The number of hydrogen-bond acceptors (Lipinski definition) is 3. The quantitative estimate of drug-likeness (QED) is 0.361. The summed E-state index contributed by atoms with van der Waals surface area (Å²) in [4.78, 5) is 26.6. The number of hydrogen-bond donors (Lipinski definition) is 1. The summed E-state index contributed by atoms with van der Waals surface area (Å²) >= 11 is 6.34. The largest absolute Gasteiger partial charge is 0.482 e. The van der Waals surface area contributed by atoms with Crippen molar-refractivity contribution in [1.82, 2.24) is 9.47 Å². The monoisotopic (exact) mass is 506 g/mol. The van der Waals surface area contributed by atoms with Gasteiger partial charge in [0.2, 0.25) is 5.91 Å². The van der Waals surface area contributed by atoms with E-state index in [-0.39, 0.29) is 18.1 Å². The Morgan fingerprint density at radius 2 is 1.89 bits per heavy atom. The minimum Gasteiger partial charge on any atom is -0.482 e. The Kier molecular flexibility index (Phi) is 6.65. The second kappa shape index (κ2) is 10.0. The molecule has 5 rings (SSSR count). The van der Waals surface area contributed by atoms with E-state index >= 15 is 0 Å². The average molecular weight is 507 g/mol. The molecule has 1 N–H and O–H groups in total. The first kappa shape index (κ1) is 23.9. The third-order valence-electron chi connectivity index (χ3n) is 6.55. The number of carbonyl (C=O) groups is 2. The van der Waals surface area contributed by atoms with Gasteiger partial charge in [0.25, 0.3) is 0 Å². The van der Waals surface area contributed by atoms with Gasteiger partial charge in [-0.05, 0) is 53.9 Å². The number of fused-ring (bicyclic) bond motifs is 2. The fourth-order valence-corrected chi connectivity index (χ4v) is 5.10. The van der Waals surface area contributed by atoms with Crippen LogP contribution in [0.4, 0.5) is 4.39 Å². The van der Waals surface area contributed by atoms with Gasteiger partial charge < -0.3 is 19.3 Å².